The summed E-state index contributed by atoms with van der Waals surface area (Å²) >= 11 is 0. The SMILES string of the molecule is Cc1ccc(-c2cc(C(=O)NCC3=NC4N=CC=CC4N3)cc(-n3nnnc3C(C)C)c2)nc1. The minimum absolute atomic E-state index is 0.0358. The Hall–Kier alpha value is -4.21. The lowest BCUT2D eigenvalue weighted by atomic mass is 10.0. The molecule has 1 amide bonds. The lowest BCUT2D eigenvalue weighted by Crippen LogP contribution is -2.39. The smallest absolute Gasteiger partial charge is 0.251 e. The van der Waals surface area contributed by atoms with Gasteiger partial charge in [-0.3, -0.25) is 14.8 Å². The summed E-state index contributed by atoms with van der Waals surface area (Å²) in [5.41, 5.74) is 3.80. The van der Waals surface area contributed by atoms with Crippen LogP contribution in [-0.2, 0) is 0 Å². The number of amidine groups is 1. The Morgan fingerprint density at radius 3 is 2.88 bits per heavy atom. The summed E-state index contributed by atoms with van der Waals surface area (Å²) in [5.74, 6) is 1.29. The Morgan fingerprint density at radius 2 is 2.12 bits per heavy atom. The molecule has 0 saturated carbocycles. The number of tetrazole rings is 1. The van der Waals surface area contributed by atoms with E-state index >= 15 is 0 Å². The van der Waals surface area contributed by atoms with E-state index in [1.807, 2.05) is 57.2 Å². The van der Waals surface area contributed by atoms with Crippen LogP contribution in [0.5, 0.6) is 0 Å². The molecule has 34 heavy (non-hydrogen) atoms. The molecule has 0 aliphatic carbocycles. The van der Waals surface area contributed by atoms with Crippen molar-refractivity contribution in [1.82, 2.24) is 35.8 Å². The molecule has 2 aliphatic heterocycles. The molecular formula is C24H25N9O. The summed E-state index contributed by atoms with van der Waals surface area (Å²) in [6.07, 6.45) is 7.28. The van der Waals surface area contributed by atoms with Gasteiger partial charge in [-0.2, -0.15) is 4.68 Å². The summed E-state index contributed by atoms with van der Waals surface area (Å²) in [4.78, 5) is 26.6. The van der Waals surface area contributed by atoms with Crippen LogP contribution < -0.4 is 10.6 Å². The van der Waals surface area contributed by atoms with Gasteiger partial charge in [-0.15, -0.1) is 5.10 Å². The lowest BCUT2D eigenvalue weighted by Gasteiger charge is -2.14. The van der Waals surface area contributed by atoms with E-state index in [0.717, 1.165) is 16.8 Å². The zero-order valence-corrected chi connectivity index (χ0v) is 19.2. The first kappa shape index (κ1) is 21.6. The Morgan fingerprint density at radius 1 is 1.24 bits per heavy atom. The second-order valence-electron chi connectivity index (χ2n) is 8.62. The zero-order chi connectivity index (χ0) is 23.7. The van der Waals surface area contributed by atoms with E-state index in [2.05, 4.69) is 41.1 Å². The predicted molar refractivity (Wildman–Crippen MR) is 129 cm³/mol. The number of rotatable bonds is 6. The molecule has 10 heteroatoms. The second-order valence-corrected chi connectivity index (χ2v) is 8.62. The minimum atomic E-state index is -0.229. The fourth-order valence-corrected chi connectivity index (χ4v) is 3.88. The number of benzene rings is 1. The highest BCUT2D eigenvalue weighted by Gasteiger charge is 2.27. The minimum Gasteiger partial charge on any atom is -0.362 e. The van der Waals surface area contributed by atoms with Gasteiger partial charge in [0.1, 0.15) is 5.84 Å². The Bertz CT molecular complexity index is 1300. The van der Waals surface area contributed by atoms with Gasteiger partial charge in [0.2, 0.25) is 0 Å². The van der Waals surface area contributed by atoms with Crippen molar-refractivity contribution in [2.45, 2.75) is 38.9 Å². The summed E-state index contributed by atoms with van der Waals surface area (Å²) in [6, 6.07) is 9.51. The molecule has 2 N–H and O–H groups in total. The van der Waals surface area contributed by atoms with Gasteiger partial charge >= 0.3 is 0 Å². The Labute approximate surface area is 196 Å². The van der Waals surface area contributed by atoms with Gasteiger partial charge in [0.05, 0.1) is 24.0 Å². The highest BCUT2D eigenvalue weighted by Crippen LogP contribution is 2.25. The molecule has 0 fully saturated rings. The largest absolute Gasteiger partial charge is 0.362 e. The Kier molecular flexibility index (Phi) is 5.70. The van der Waals surface area contributed by atoms with Crippen molar-refractivity contribution in [3.63, 3.8) is 0 Å². The van der Waals surface area contributed by atoms with Crippen molar-refractivity contribution in [1.29, 1.82) is 0 Å². The number of hydrogen-bond donors (Lipinski definition) is 2. The van der Waals surface area contributed by atoms with Crippen LogP contribution in [0.2, 0.25) is 0 Å². The molecule has 3 aromatic rings. The van der Waals surface area contributed by atoms with Gasteiger partial charge < -0.3 is 10.6 Å². The van der Waals surface area contributed by atoms with E-state index in [1.165, 1.54) is 0 Å². The van der Waals surface area contributed by atoms with Crippen LogP contribution in [0, 0.1) is 6.92 Å². The fraction of sp³-hybridized carbons (Fsp3) is 0.292. The third-order valence-corrected chi connectivity index (χ3v) is 5.64. The molecule has 0 radical (unpaired) electrons. The van der Waals surface area contributed by atoms with Crippen molar-refractivity contribution >= 4 is 18.0 Å². The van der Waals surface area contributed by atoms with Gasteiger partial charge in [0.25, 0.3) is 5.91 Å². The van der Waals surface area contributed by atoms with E-state index in [-0.39, 0.29) is 30.6 Å². The van der Waals surface area contributed by atoms with Crippen LogP contribution in [0.25, 0.3) is 16.9 Å². The van der Waals surface area contributed by atoms with E-state index in [9.17, 15) is 4.79 Å². The Balaban J connectivity index is 1.44. The molecule has 10 nitrogen and oxygen atoms in total. The highest BCUT2D eigenvalue weighted by molar-refractivity contribution is 5.99. The molecule has 2 atom stereocenters. The van der Waals surface area contributed by atoms with Gasteiger partial charge in [0, 0.05) is 29.5 Å². The maximum Gasteiger partial charge on any atom is 0.251 e. The topological polar surface area (TPSA) is 122 Å². The third-order valence-electron chi connectivity index (χ3n) is 5.64. The first-order chi connectivity index (χ1) is 16.5. The number of nitrogens with one attached hydrogen (secondary N) is 2. The van der Waals surface area contributed by atoms with Gasteiger partial charge in [-0.25, -0.2) is 4.99 Å². The lowest BCUT2D eigenvalue weighted by molar-refractivity contribution is 0.0959. The molecule has 2 unspecified atom stereocenters. The van der Waals surface area contributed by atoms with E-state index < -0.39 is 0 Å². The number of hydrogen-bond acceptors (Lipinski definition) is 8. The average molecular weight is 456 g/mol. The first-order valence-electron chi connectivity index (χ1n) is 11.2. The molecule has 4 heterocycles. The number of allylic oxidation sites excluding steroid dienone is 1. The van der Waals surface area contributed by atoms with Crippen molar-refractivity contribution in [3.8, 4) is 16.9 Å². The number of fused-ring (bicyclic) bond motifs is 1. The molecule has 1 aromatic carbocycles. The van der Waals surface area contributed by atoms with E-state index in [0.29, 0.717) is 22.9 Å². The second kappa shape index (κ2) is 8.97. The quantitative estimate of drug-likeness (QED) is 0.588. The van der Waals surface area contributed by atoms with Crippen LogP contribution in [0.3, 0.4) is 0 Å². The van der Waals surface area contributed by atoms with Gasteiger partial charge in [-0.05, 0) is 53.3 Å². The van der Waals surface area contributed by atoms with Crippen molar-refractivity contribution in [2.75, 3.05) is 6.54 Å². The monoisotopic (exact) mass is 455 g/mol. The standard InChI is InChI=1S/C24H25N9O/c1-14(2)23-30-31-32-33(23)18-10-16(19-7-6-15(3)12-26-19)9-17(11-18)24(34)27-13-21-28-20-5-4-8-25-22(20)29-21/h4-12,14,20,22H,13H2,1-3H3,(H,27,34)(H,28,29). The predicted octanol–water partition coefficient (Wildman–Crippen LogP) is 2.22. The summed E-state index contributed by atoms with van der Waals surface area (Å²) in [5, 5.41) is 18.4. The number of aromatic nitrogens is 5. The van der Waals surface area contributed by atoms with Crippen LogP contribution >= 0.6 is 0 Å². The van der Waals surface area contributed by atoms with Crippen LogP contribution in [0.1, 0.15) is 41.5 Å². The number of pyridine rings is 1. The number of aryl methyl sites for hydroxylation is 1. The fourth-order valence-electron chi connectivity index (χ4n) is 3.88. The molecule has 172 valence electrons. The summed E-state index contributed by atoms with van der Waals surface area (Å²) in [7, 11) is 0. The number of carbonyl (C=O) groups excluding carboxylic acids is 1. The molecule has 0 bridgehead atoms. The van der Waals surface area contributed by atoms with Crippen LogP contribution in [0.4, 0.5) is 0 Å². The van der Waals surface area contributed by atoms with Crippen LogP contribution in [-0.4, -0.2) is 61.9 Å². The maximum atomic E-state index is 13.2. The molecule has 0 saturated heterocycles. The van der Waals surface area contributed by atoms with Gasteiger partial charge in [0.15, 0.2) is 12.0 Å². The molecule has 5 rings (SSSR count). The normalized spacial score (nSPS) is 18.5. The summed E-state index contributed by atoms with van der Waals surface area (Å²) in [6.45, 7) is 6.31. The van der Waals surface area contributed by atoms with E-state index in [1.54, 1.807) is 23.2 Å². The number of carbonyl (C=O) groups is 1. The van der Waals surface area contributed by atoms with E-state index in [4.69, 9.17) is 0 Å². The molecule has 0 spiro atoms. The van der Waals surface area contributed by atoms with Crippen molar-refractivity contribution < 1.29 is 4.79 Å². The molecule has 2 aliphatic rings. The summed E-state index contributed by atoms with van der Waals surface area (Å²) < 4.78 is 1.66. The maximum absolute atomic E-state index is 13.2. The number of aliphatic imine (C=N–C) groups is 2. The van der Waals surface area contributed by atoms with Crippen molar-refractivity contribution in [2.24, 2.45) is 9.98 Å². The van der Waals surface area contributed by atoms with Gasteiger partial charge in [-0.1, -0.05) is 26.0 Å². The zero-order valence-electron chi connectivity index (χ0n) is 19.2. The van der Waals surface area contributed by atoms with Crippen LogP contribution in [0.15, 0.2) is 58.7 Å². The third kappa shape index (κ3) is 4.34. The van der Waals surface area contributed by atoms with Crippen molar-refractivity contribution in [3.05, 3.63) is 65.6 Å². The average Bonchev–Trinajstić information content (AvgIpc) is 3.50. The molecular weight excluding hydrogens is 430 g/mol. The highest BCUT2D eigenvalue weighted by atomic mass is 16.1. The molecule has 2 aromatic heterocycles. The number of nitrogens with zero attached hydrogens (tertiary/aromatic N) is 7. The first-order valence-corrected chi connectivity index (χ1v) is 11.2. The number of dihydropyridines is 1. The number of amides is 1.